The van der Waals surface area contributed by atoms with Gasteiger partial charge in [-0.2, -0.15) is 0 Å². The first kappa shape index (κ1) is 14.1. The van der Waals surface area contributed by atoms with E-state index in [4.69, 9.17) is 5.73 Å². The topological polar surface area (TPSA) is 55.1 Å². The summed E-state index contributed by atoms with van der Waals surface area (Å²) < 4.78 is 26.8. The van der Waals surface area contributed by atoms with Crippen LogP contribution in [0.1, 0.15) is 21.5 Å². The molecule has 0 aliphatic rings. The smallest absolute Gasteiger partial charge is 0.257 e. The van der Waals surface area contributed by atoms with Gasteiger partial charge in [-0.3, -0.25) is 4.79 Å². The molecule has 3 N–H and O–H groups in total. The fraction of sp³-hybridized carbons (Fsp3) is 0.133. The Bertz CT molecular complexity index is 592. The number of halogens is 2. The molecule has 0 saturated carbocycles. The highest BCUT2D eigenvalue weighted by Crippen LogP contribution is 2.12. The summed E-state index contributed by atoms with van der Waals surface area (Å²) >= 11 is 0. The number of carbonyl (C=O) groups is 1. The van der Waals surface area contributed by atoms with Crippen LogP contribution in [0.5, 0.6) is 0 Å². The van der Waals surface area contributed by atoms with Crippen molar-refractivity contribution in [3.63, 3.8) is 0 Å². The van der Waals surface area contributed by atoms with E-state index < -0.39 is 23.1 Å². The molecule has 5 heteroatoms. The van der Waals surface area contributed by atoms with Crippen LogP contribution in [0.15, 0.2) is 42.5 Å². The van der Waals surface area contributed by atoms with Crippen molar-refractivity contribution in [2.45, 2.75) is 13.1 Å². The molecule has 0 heterocycles. The van der Waals surface area contributed by atoms with Crippen LogP contribution < -0.4 is 11.1 Å². The summed E-state index contributed by atoms with van der Waals surface area (Å²) in [6.45, 7) is 0.630. The highest BCUT2D eigenvalue weighted by Gasteiger charge is 2.16. The van der Waals surface area contributed by atoms with Crippen molar-refractivity contribution in [2.75, 3.05) is 0 Å². The van der Waals surface area contributed by atoms with Crippen LogP contribution in [-0.4, -0.2) is 5.91 Å². The largest absolute Gasteiger partial charge is 0.348 e. The van der Waals surface area contributed by atoms with E-state index in [1.165, 1.54) is 6.07 Å². The van der Waals surface area contributed by atoms with Gasteiger partial charge in [0.05, 0.1) is 0 Å². The van der Waals surface area contributed by atoms with Crippen LogP contribution in [0, 0.1) is 11.6 Å². The minimum atomic E-state index is -0.874. The summed E-state index contributed by atoms with van der Waals surface area (Å²) in [6.07, 6.45) is 0. The van der Waals surface area contributed by atoms with Gasteiger partial charge in [0, 0.05) is 13.1 Å². The number of rotatable bonds is 4. The standard InChI is InChI=1S/C15H14F2N2O/c16-12-2-1-3-13(17)14(12)15(20)19-9-11-6-4-10(8-18)5-7-11/h1-7H,8-9,18H2,(H,19,20). The molecule has 104 valence electrons. The van der Waals surface area contributed by atoms with Crippen LogP contribution in [0.4, 0.5) is 8.78 Å². The number of amides is 1. The van der Waals surface area contributed by atoms with Gasteiger partial charge < -0.3 is 11.1 Å². The summed E-state index contributed by atoms with van der Waals surface area (Å²) in [7, 11) is 0. The fourth-order valence-corrected chi connectivity index (χ4v) is 1.78. The van der Waals surface area contributed by atoms with Crippen LogP contribution in [0.3, 0.4) is 0 Å². The number of benzene rings is 2. The zero-order valence-corrected chi connectivity index (χ0v) is 10.7. The third-order valence-corrected chi connectivity index (χ3v) is 2.90. The average molecular weight is 276 g/mol. The van der Waals surface area contributed by atoms with Gasteiger partial charge in [-0.05, 0) is 23.3 Å². The minimum Gasteiger partial charge on any atom is -0.348 e. The molecule has 1 amide bonds. The molecule has 0 saturated heterocycles. The van der Waals surface area contributed by atoms with E-state index in [0.717, 1.165) is 23.3 Å². The van der Waals surface area contributed by atoms with Crippen molar-refractivity contribution < 1.29 is 13.6 Å². The summed E-state index contributed by atoms with van der Waals surface area (Å²) in [5, 5.41) is 2.48. The number of hydrogen-bond acceptors (Lipinski definition) is 2. The average Bonchev–Trinajstić information content (AvgIpc) is 2.45. The molecule has 20 heavy (non-hydrogen) atoms. The maximum absolute atomic E-state index is 13.4. The zero-order chi connectivity index (χ0) is 14.5. The predicted molar refractivity (Wildman–Crippen MR) is 71.9 cm³/mol. The lowest BCUT2D eigenvalue weighted by molar-refractivity contribution is 0.0942. The Kier molecular flexibility index (Phi) is 4.42. The Morgan fingerprint density at radius 3 is 2.10 bits per heavy atom. The first-order valence-electron chi connectivity index (χ1n) is 6.12. The van der Waals surface area contributed by atoms with Crippen molar-refractivity contribution >= 4 is 5.91 Å². The van der Waals surface area contributed by atoms with E-state index in [2.05, 4.69) is 5.32 Å². The highest BCUT2D eigenvalue weighted by atomic mass is 19.1. The van der Waals surface area contributed by atoms with Crippen LogP contribution in [0.25, 0.3) is 0 Å². The van der Waals surface area contributed by atoms with Crippen LogP contribution >= 0.6 is 0 Å². The molecular weight excluding hydrogens is 262 g/mol. The molecular formula is C15H14F2N2O. The lowest BCUT2D eigenvalue weighted by Crippen LogP contribution is -2.25. The van der Waals surface area contributed by atoms with Gasteiger partial charge >= 0.3 is 0 Å². The molecule has 0 aliphatic carbocycles. The molecule has 2 aromatic rings. The maximum atomic E-state index is 13.4. The van der Waals surface area contributed by atoms with Gasteiger partial charge in [0.25, 0.3) is 5.91 Å². The lowest BCUT2D eigenvalue weighted by atomic mass is 10.1. The van der Waals surface area contributed by atoms with Crippen molar-refractivity contribution in [2.24, 2.45) is 5.73 Å². The molecule has 0 bridgehead atoms. The number of carbonyl (C=O) groups excluding carboxylic acids is 1. The monoisotopic (exact) mass is 276 g/mol. The second kappa shape index (κ2) is 6.25. The van der Waals surface area contributed by atoms with Crippen molar-refractivity contribution in [3.8, 4) is 0 Å². The SMILES string of the molecule is NCc1ccc(CNC(=O)c2c(F)cccc2F)cc1. The normalized spacial score (nSPS) is 10.3. The number of hydrogen-bond donors (Lipinski definition) is 2. The quantitative estimate of drug-likeness (QED) is 0.900. The molecule has 0 unspecified atom stereocenters. The number of nitrogens with one attached hydrogen (secondary N) is 1. The summed E-state index contributed by atoms with van der Waals surface area (Å²) in [5.74, 6) is -2.52. The Hall–Kier alpha value is -2.27. The van der Waals surface area contributed by atoms with Gasteiger partial charge in [0.2, 0.25) is 0 Å². The first-order valence-corrected chi connectivity index (χ1v) is 6.12. The predicted octanol–water partition coefficient (Wildman–Crippen LogP) is 2.35. The van der Waals surface area contributed by atoms with Crippen LogP contribution in [-0.2, 0) is 13.1 Å². The van der Waals surface area contributed by atoms with Gasteiger partial charge in [-0.1, -0.05) is 30.3 Å². The molecule has 0 radical (unpaired) electrons. The maximum Gasteiger partial charge on any atom is 0.257 e. The Labute approximate surface area is 115 Å². The molecule has 3 nitrogen and oxygen atoms in total. The Balaban J connectivity index is 2.05. The van der Waals surface area contributed by atoms with E-state index in [1.54, 1.807) is 12.1 Å². The Morgan fingerprint density at radius 1 is 1.00 bits per heavy atom. The van der Waals surface area contributed by atoms with Crippen molar-refractivity contribution in [1.29, 1.82) is 0 Å². The minimum absolute atomic E-state index is 0.192. The molecule has 0 aliphatic heterocycles. The molecule has 0 atom stereocenters. The van der Waals surface area contributed by atoms with Gasteiger partial charge in [0.1, 0.15) is 17.2 Å². The highest BCUT2D eigenvalue weighted by molar-refractivity contribution is 5.94. The van der Waals surface area contributed by atoms with E-state index in [9.17, 15) is 13.6 Å². The number of nitrogens with two attached hydrogens (primary N) is 1. The fourth-order valence-electron chi connectivity index (χ4n) is 1.78. The molecule has 0 fully saturated rings. The Morgan fingerprint density at radius 2 is 1.55 bits per heavy atom. The lowest BCUT2D eigenvalue weighted by Gasteiger charge is -2.07. The summed E-state index contributed by atoms with van der Waals surface area (Å²) in [5.41, 5.74) is 6.71. The van der Waals surface area contributed by atoms with E-state index in [0.29, 0.717) is 6.54 Å². The molecule has 0 spiro atoms. The van der Waals surface area contributed by atoms with E-state index in [-0.39, 0.29) is 6.54 Å². The van der Waals surface area contributed by atoms with Crippen molar-refractivity contribution in [3.05, 3.63) is 70.8 Å². The van der Waals surface area contributed by atoms with E-state index in [1.807, 2.05) is 12.1 Å². The van der Waals surface area contributed by atoms with Gasteiger partial charge in [-0.15, -0.1) is 0 Å². The first-order chi connectivity index (χ1) is 9.61. The third-order valence-electron chi connectivity index (χ3n) is 2.90. The second-order valence-corrected chi connectivity index (χ2v) is 4.30. The third kappa shape index (κ3) is 3.19. The van der Waals surface area contributed by atoms with E-state index >= 15 is 0 Å². The van der Waals surface area contributed by atoms with Crippen molar-refractivity contribution in [1.82, 2.24) is 5.32 Å². The molecule has 2 aromatic carbocycles. The van der Waals surface area contributed by atoms with Gasteiger partial charge in [-0.25, -0.2) is 8.78 Å². The second-order valence-electron chi connectivity index (χ2n) is 4.30. The molecule has 0 aromatic heterocycles. The van der Waals surface area contributed by atoms with Crippen LogP contribution in [0.2, 0.25) is 0 Å². The summed E-state index contributed by atoms with van der Waals surface area (Å²) in [6, 6.07) is 10.6. The molecule has 2 rings (SSSR count). The van der Waals surface area contributed by atoms with Gasteiger partial charge in [0.15, 0.2) is 0 Å². The zero-order valence-electron chi connectivity index (χ0n) is 10.7. The summed E-state index contributed by atoms with van der Waals surface area (Å²) in [4.78, 5) is 11.8.